The van der Waals surface area contributed by atoms with Crippen LogP contribution in [-0.2, 0) is 4.79 Å². The standard InChI is InChI=1S/C26H34FN7OS/c1-4-28-24(35)22-17-5-6-18(14-17)23(22)32-36-25-20(27)15-29-26(31-25)30-19-7-8-21(16(2)13-19)34-11-9-33(3)10-12-34/h5-8,13,15,17-18,22-23,32H,4,9-12,14H2,1-3H3,(H,28,35)(H,29,30,31). The molecule has 2 aromatic rings. The van der Waals surface area contributed by atoms with Crippen LogP contribution in [0.5, 0.6) is 0 Å². The number of piperazine rings is 1. The van der Waals surface area contributed by atoms with Gasteiger partial charge in [0.2, 0.25) is 11.9 Å². The van der Waals surface area contributed by atoms with Crippen LogP contribution in [0.25, 0.3) is 0 Å². The lowest BCUT2D eigenvalue weighted by molar-refractivity contribution is -0.126. The molecule has 0 spiro atoms. The summed E-state index contributed by atoms with van der Waals surface area (Å²) in [6.07, 6.45) is 6.43. The van der Waals surface area contributed by atoms with E-state index in [1.165, 1.54) is 17.4 Å². The number of aryl methyl sites for hydroxylation is 1. The third-order valence-corrected chi connectivity index (χ3v) is 8.28. The first-order chi connectivity index (χ1) is 17.4. The normalized spacial score (nSPS) is 25.4. The van der Waals surface area contributed by atoms with E-state index in [1.54, 1.807) is 0 Å². The summed E-state index contributed by atoms with van der Waals surface area (Å²) in [7, 11) is 2.15. The lowest BCUT2D eigenvalue weighted by Gasteiger charge is -2.35. The highest BCUT2D eigenvalue weighted by atomic mass is 32.2. The molecule has 5 rings (SSSR count). The number of rotatable bonds is 8. The van der Waals surface area contributed by atoms with Crippen LogP contribution in [-0.4, -0.2) is 66.6 Å². The van der Waals surface area contributed by atoms with Crippen molar-refractivity contribution in [1.29, 1.82) is 0 Å². The maximum Gasteiger partial charge on any atom is 0.228 e. The molecule has 192 valence electrons. The summed E-state index contributed by atoms with van der Waals surface area (Å²) in [5.41, 5.74) is 3.26. The van der Waals surface area contributed by atoms with Gasteiger partial charge in [-0.1, -0.05) is 12.2 Å². The van der Waals surface area contributed by atoms with Crippen LogP contribution in [0.4, 0.5) is 21.7 Å². The van der Waals surface area contributed by atoms with Crippen molar-refractivity contribution >= 4 is 35.2 Å². The molecule has 1 aromatic carbocycles. The zero-order valence-electron chi connectivity index (χ0n) is 21.0. The van der Waals surface area contributed by atoms with Gasteiger partial charge in [0.25, 0.3) is 0 Å². The Kier molecular flexibility index (Phi) is 7.45. The predicted octanol–water partition coefficient (Wildman–Crippen LogP) is 3.34. The fraction of sp³-hybridized carbons (Fsp3) is 0.500. The van der Waals surface area contributed by atoms with E-state index in [1.807, 2.05) is 13.0 Å². The summed E-state index contributed by atoms with van der Waals surface area (Å²) in [4.78, 5) is 25.9. The van der Waals surface area contributed by atoms with Crippen molar-refractivity contribution in [2.45, 2.75) is 31.3 Å². The first-order valence-corrected chi connectivity index (χ1v) is 13.5. The van der Waals surface area contributed by atoms with E-state index in [-0.39, 0.29) is 34.7 Å². The smallest absolute Gasteiger partial charge is 0.228 e. The van der Waals surface area contributed by atoms with Gasteiger partial charge in [-0.15, -0.1) is 0 Å². The first-order valence-electron chi connectivity index (χ1n) is 12.6. The number of hydrogen-bond acceptors (Lipinski definition) is 8. The first kappa shape index (κ1) is 25.0. The minimum atomic E-state index is -0.493. The number of amides is 1. The molecular weight excluding hydrogens is 477 g/mol. The summed E-state index contributed by atoms with van der Waals surface area (Å²) in [5.74, 6) is 0.224. The van der Waals surface area contributed by atoms with Crippen molar-refractivity contribution < 1.29 is 9.18 Å². The Labute approximate surface area is 216 Å². The lowest BCUT2D eigenvalue weighted by atomic mass is 9.89. The molecule has 4 atom stereocenters. The monoisotopic (exact) mass is 511 g/mol. The lowest BCUT2D eigenvalue weighted by Crippen LogP contribution is -2.44. The number of benzene rings is 1. The fourth-order valence-electron chi connectivity index (χ4n) is 5.50. The number of anilines is 3. The second kappa shape index (κ2) is 10.7. The Morgan fingerprint density at radius 2 is 1.97 bits per heavy atom. The Balaban J connectivity index is 1.25. The molecule has 2 fully saturated rings. The molecule has 2 bridgehead atoms. The van der Waals surface area contributed by atoms with Crippen LogP contribution in [0.2, 0.25) is 0 Å². The highest BCUT2D eigenvalue weighted by Crippen LogP contribution is 2.45. The number of carbonyl (C=O) groups is 1. The number of likely N-dealkylation sites (N-methyl/N-ethyl adjacent to an activating group) is 1. The van der Waals surface area contributed by atoms with Crippen molar-refractivity contribution in [2.24, 2.45) is 17.8 Å². The minimum Gasteiger partial charge on any atom is -0.369 e. The van der Waals surface area contributed by atoms with Crippen LogP contribution in [0.15, 0.2) is 41.6 Å². The van der Waals surface area contributed by atoms with Gasteiger partial charge in [-0.05, 0) is 74.9 Å². The van der Waals surface area contributed by atoms with Crippen LogP contribution in [0, 0.1) is 30.5 Å². The average Bonchev–Trinajstić information content (AvgIpc) is 3.47. The van der Waals surface area contributed by atoms with E-state index >= 15 is 0 Å². The molecule has 1 aliphatic heterocycles. The van der Waals surface area contributed by atoms with E-state index in [2.05, 4.69) is 73.4 Å². The minimum absolute atomic E-state index is 0.0494. The highest BCUT2D eigenvalue weighted by molar-refractivity contribution is 7.97. The largest absolute Gasteiger partial charge is 0.369 e. The van der Waals surface area contributed by atoms with E-state index in [9.17, 15) is 9.18 Å². The van der Waals surface area contributed by atoms with Gasteiger partial charge in [0.05, 0.1) is 12.1 Å². The van der Waals surface area contributed by atoms with Gasteiger partial charge in [0.15, 0.2) is 10.8 Å². The summed E-state index contributed by atoms with van der Waals surface area (Å²) in [5, 5.41) is 6.37. The van der Waals surface area contributed by atoms with Gasteiger partial charge in [-0.3, -0.25) is 9.52 Å². The zero-order chi connectivity index (χ0) is 25.2. The third-order valence-electron chi connectivity index (χ3n) is 7.41. The van der Waals surface area contributed by atoms with Gasteiger partial charge in [0, 0.05) is 50.1 Å². The molecule has 10 heteroatoms. The van der Waals surface area contributed by atoms with Gasteiger partial charge >= 0.3 is 0 Å². The topological polar surface area (TPSA) is 85.4 Å². The van der Waals surface area contributed by atoms with E-state index in [0.717, 1.165) is 50.2 Å². The Morgan fingerprint density at radius 1 is 1.19 bits per heavy atom. The van der Waals surface area contributed by atoms with Gasteiger partial charge < -0.3 is 20.4 Å². The number of nitrogens with zero attached hydrogens (tertiary/aromatic N) is 4. The van der Waals surface area contributed by atoms with Gasteiger partial charge in [0.1, 0.15) is 0 Å². The van der Waals surface area contributed by atoms with Crippen molar-refractivity contribution in [2.75, 3.05) is 50.0 Å². The summed E-state index contributed by atoms with van der Waals surface area (Å²) < 4.78 is 17.9. The molecule has 1 saturated heterocycles. The number of fused-ring (bicyclic) bond motifs is 2. The number of nitrogens with one attached hydrogen (secondary N) is 3. The summed E-state index contributed by atoms with van der Waals surface area (Å²) >= 11 is 1.13. The number of halogens is 1. The second-order valence-corrected chi connectivity index (χ2v) is 10.7. The summed E-state index contributed by atoms with van der Waals surface area (Å²) in [6.45, 7) is 8.76. The van der Waals surface area contributed by atoms with Crippen molar-refractivity contribution in [3.8, 4) is 0 Å². The average molecular weight is 512 g/mol. The molecule has 2 heterocycles. The SMILES string of the molecule is CCNC(=O)C1C2C=CC(C2)C1NSc1nc(Nc2ccc(N3CCN(C)CC3)c(C)c2)ncc1F. The number of aromatic nitrogens is 2. The van der Waals surface area contributed by atoms with E-state index < -0.39 is 5.82 Å². The Bertz CT molecular complexity index is 1140. The molecule has 4 unspecified atom stereocenters. The number of hydrogen-bond donors (Lipinski definition) is 3. The molecule has 1 aromatic heterocycles. The Hall–Kier alpha value is -2.69. The van der Waals surface area contributed by atoms with Crippen molar-refractivity contribution in [1.82, 2.24) is 24.9 Å². The second-order valence-electron chi connectivity index (χ2n) is 9.88. The zero-order valence-corrected chi connectivity index (χ0v) is 21.8. The van der Waals surface area contributed by atoms with Crippen LogP contribution in [0.1, 0.15) is 18.9 Å². The fourth-order valence-corrected chi connectivity index (χ4v) is 6.36. The summed E-state index contributed by atoms with van der Waals surface area (Å²) in [6, 6.07) is 6.14. The van der Waals surface area contributed by atoms with Crippen molar-refractivity contribution in [3.63, 3.8) is 0 Å². The molecule has 1 amide bonds. The predicted molar refractivity (Wildman–Crippen MR) is 142 cm³/mol. The van der Waals surface area contributed by atoms with E-state index in [0.29, 0.717) is 12.5 Å². The molecular formula is C26H34FN7OS. The quantitative estimate of drug-likeness (QED) is 0.283. The number of allylic oxidation sites excluding steroid dienone is 1. The van der Waals surface area contributed by atoms with Gasteiger partial charge in [-0.25, -0.2) is 14.4 Å². The van der Waals surface area contributed by atoms with Crippen LogP contribution >= 0.6 is 11.9 Å². The maximum absolute atomic E-state index is 14.6. The van der Waals surface area contributed by atoms with Crippen LogP contribution < -0.4 is 20.3 Å². The maximum atomic E-state index is 14.6. The van der Waals surface area contributed by atoms with Crippen LogP contribution in [0.3, 0.4) is 0 Å². The molecule has 2 aliphatic carbocycles. The molecule has 8 nitrogen and oxygen atoms in total. The van der Waals surface area contributed by atoms with E-state index in [4.69, 9.17) is 0 Å². The third kappa shape index (κ3) is 5.21. The Morgan fingerprint density at radius 3 is 2.72 bits per heavy atom. The molecule has 3 N–H and O–H groups in total. The molecule has 1 saturated carbocycles. The molecule has 36 heavy (non-hydrogen) atoms. The number of carbonyl (C=O) groups excluding carboxylic acids is 1. The molecule has 0 radical (unpaired) electrons. The van der Waals surface area contributed by atoms with Crippen molar-refractivity contribution in [3.05, 3.63) is 47.9 Å². The highest BCUT2D eigenvalue weighted by Gasteiger charge is 2.48. The molecule has 3 aliphatic rings. The van der Waals surface area contributed by atoms with Gasteiger partial charge in [-0.2, -0.15) is 0 Å².